The van der Waals surface area contributed by atoms with Crippen LogP contribution in [0.1, 0.15) is 40.0 Å². The van der Waals surface area contributed by atoms with E-state index in [-0.39, 0.29) is 6.04 Å². The summed E-state index contributed by atoms with van der Waals surface area (Å²) in [6.07, 6.45) is 3.13. The molecule has 0 bridgehead atoms. The maximum atomic E-state index is 11.4. The number of pyridine rings is 1. The van der Waals surface area contributed by atoms with Crippen LogP contribution in [0.3, 0.4) is 0 Å². The van der Waals surface area contributed by atoms with Gasteiger partial charge in [-0.05, 0) is 43.5 Å². The van der Waals surface area contributed by atoms with E-state index in [9.17, 15) is 4.79 Å². The molecule has 0 fully saturated rings. The number of amides is 1. The van der Waals surface area contributed by atoms with Crippen LogP contribution in [-0.2, 0) is 0 Å². The van der Waals surface area contributed by atoms with Crippen LogP contribution >= 0.6 is 0 Å². The van der Waals surface area contributed by atoms with Crippen molar-refractivity contribution in [2.45, 2.75) is 26.8 Å². The van der Waals surface area contributed by atoms with Crippen molar-refractivity contribution < 1.29 is 4.79 Å². The van der Waals surface area contributed by atoms with E-state index in [1.54, 1.807) is 12.3 Å². The molecular weight excluding hydrogens is 250 g/mol. The number of hydrogen-bond donors (Lipinski definition) is 2. The summed E-state index contributed by atoms with van der Waals surface area (Å²) in [5.41, 5.74) is 10.2. The van der Waals surface area contributed by atoms with Gasteiger partial charge in [0.25, 0.3) is 5.91 Å². The molecule has 1 amide bonds. The topological polar surface area (TPSA) is 68.0 Å². The van der Waals surface area contributed by atoms with Crippen LogP contribution in [0.25, 0.3) is 0 Å². The Kier molecular flexibility index (Phi) is 4.03. The van der Waals surface area contributed by atoms with E-state index >= 15 is 0 Å². The molecule has 0 aliphatic rings. The summed E-state index contributed by atoms with van der Waals surface area (Å²) in [4.78, 5) is 15.3. The zero-order chi connectivity index (χ0) is 14.7. The van der Waals surface area contributed by atoms with Crippen molar-refractivity contribution in [2.75, 3.05) is 5.32 Å². The van der Waals surface area contributed by atoms with Crippen molar-refractivity contribution in [3.63, 3.8) is 0 Å². The number of aryl methyl sites for hydroxylation is 1. The molecule has 3 N–H and O–H groups in total. The molecule has 4 heteroatoms. The SMILES string of the molecule is Cc1cccc(C(C)Nc2ccncc2C(N)=O)c1C. The Morgan fingerprint density at radius 2 is 2.05 bits per heavy atom. The number of rotatable bonds is 4. The van der Waals surface area contributed by atoms with E-state index < -0.39 is 5.91 Å². The predicted octanol–water partition coefficient (Wildman–Crippen LogP) is 2.97. The van der Waals surface area contributed by atoms with Gasteiger partial charge in [0.15, 0.2) is 0 Å². The Morgan fingerprint density at radius 3 is 2.75 bits per heavy atom. The molecule has 4 nitrogen and oxygen atoms in total. The molecule has 0 aliphatic carbocycles. The number of aromatic nitrogens is 1. The standard InChI is InChI=1S/C16H19N3O/c1-10-5-4-6-13(11(10)2)12(3)19-15-7-8-18-9-14(15)16(17)20/h4-9,12H,1-3H3,(H2,17,20)(H,18,19). The van der Waals surface area contributed by atoms with E-state index in [0.29, 0.717) is 11.3 Å². The highest BCUT2D eigenvalue weighted by Crippen LogP contribution is 2.25. The van der Waals surface area contributed by atoms with Crippen LogP contribution in [0.2, 0.25) is 0 Å². The smallest absolute Gasteiger partial charge is 0.252 e. The highest BCUT2D eigenvalue weighted by molar-refractivity contribution is 5.98. The number of anilines is 1. The minimum atomic E-state index is -0.478. The second-order valence-corrected chi connectivity index (χ2v) is 4.94. The lowest BCUT2D eigenvalue weighted by Crippen LogP contribution is -2.16. The van der Waals surface area contributed by atoms with Crippen molar-refractivity contribution in [2.24, 2.45) is 5.73 Å². The summed E-state index contributed by atoms with van der Waals surface area (Å²) in [6.45, 7) is 6.25. The third-order valence-corrected chi connectivity index (χ3v) is 3.57. The Hall–Kier alpha value is -2.36. The van der Waals surface area contributed by atoms with Gasteiger partial charge in [0.2, 0.25) is 0 Å². The van der Waals surface area contributed by atoms with Gasteiger partial charge in [-0.3, -0.25) is 9.78 Å². The molecule has 1 heterocycles. The van der Waals surface area contributed by atoms with Crippen molar-refractivity contribution in [3.8, 4) is 0 Å². The molecule has 0 spiro atoms. The first kappa shape index (κ1) is 14.1. The van der Waals surface area contributed by atoms with Gasteiger partial charge in [0, 0.05) is 18.4 Å². The molecule has 0 saturated heterocycles. The van der Waals surface area contributed by atoms with E-state index in [2.05, 4.69) is 43.2 Å². The molecule has 1 aromatic carbocycles. The first-order valence-electron chi connectivity index (χ1n) is 6.57. The zero-order valence-electron chi connectivity index (χ0n) is 12.0. The van der Waals surface area contributed by atoms with Crippen molar-refractivity contribution in [3.05, 3.63) is 58.9 Å². The van der Waals surface area contributed by atoms with Crippen LogP contribution in [0.15, 0.2) is 36.7 Å². The third kappa shape index (κ3) is 2.79. The van der Waals surface area contributed by atoms with Gasteiger partial charge < -0.3 is 11.1 Å². The Labute approximate surface area is 119 Å². The number of nitrogens with two attached hydrogens (primary N) is 1. The van der Waals surface area contributed by atoms with Gasteiger partial charge in [-0.15, -0.1) is 0 Å². The zero-order valence-corrected chi connectivity index (χ0v) is 12.0. The lowest BCUT2D eigenvalue weighted by atomic mass is 9.98. The summed E-state index contributed by atoms with van der Waals surface area (Å²) in [6, 6.07) is 8.06. The van der Waals surface area contributed by atoms with Crippen molar-refractivity contribution in [1.82, 2.24) is 4.98 Å². The summed E-state index contributed by atoms with van der Waals surface area (Å²) in [7, 11) is 0. The molecule has 2 rings (SSSR count). The molecule has 104 valence electrons. The summed E-state index contributed by atoms with van der Waals surface area (Å²) in [5.74, 6) is -0.478. The third-order valence-electron chi connectivity index (χ3n) is 3.57. The minimum Gasteiger partial charge on any atom is -0.378 e. The Morgan fingerprint density at radius 1 is 1.30 bits per heavy atom. The lowest BCUT2D eigenvalue weighted by Gasteiger charge is -2.20. The average molecular weight is 269 g/mol. The van der Waals surface area contributed by atoms with Crippen LogP contribution in [-0.4, -0.2) is 10.9 Å². The van der Waals surface area contributed by atoms with E-state index in [1.165, 1.54) is 22.9 Å². The molecule has 1 unspecified atom stereocenters. The molecule has 20 heavy (non-hydrogen) atoms. The van der Waals surface area contributed by atoms with E-state index in [1.807, 2.05) is 6.07 Å². The van der Waals surface area contributed by atoms with Gasteiger partial charge in [0.05, 0.1) is 11.3 Å². The van der Waals surface area contributed by atoms with Crippen molar-refractivity contribution >= 4 is 11.6 Å². The predicted molar refractivity (Wildman–Crippen MR) is 80.7 cm³/mol. The molecule has 2 aromatic rings. The van der Waals surface area contributed by atoms with Gasteiger partial charge in [-0.2, -0.15) is 0 Å². The van der Waals surface area contributed by atoms with Crippen LogP contribution in [0, 0.1) is 13.8 Å². The fourth-order valence-electron chi connectivity index (χ4n) is 2.27. The van der Waals surface area contributed by atoms with Crippen LogP contribution in [0.4, 0.5) is 5.69 Å². The highest BCUT2D eigenvalue weighted by atomic mass is 16.1. The van der Waals surface area contributed by atoms with Gasteiger partial charge in [0.1, 0.15) is 0 Å². The van der Waals surface area contributed by atoms with Crippen LogP contribution < -0.4 is 11.1 Å². The quantitative estimate of drug-likeness (QED) is 0.896. The second kappa shape index (κ2) is 5.74. The maximum absolute atomic E-state index is 11.4. The summed E-state index contributed by atoms with van der Waals surface area (Å²) >= 11 is 0. The van der Waals surface area contributed by atoms with Gasteiger partial charge in [-0.25, -0.2) is 0 Å². The van der Waals surface area contributed by atoms with E-state index in [0.717, 1.165) is 0 Å². The lowest BCUT2D eigenvalue weighted by molar-refractivity contribution is 0.100. The molecule has 1 atom stereocenters. The Balaban J connectivity index is 2.30. The van der Waals surface area contributed by atoms with Gasteiger partial charge in [-0.1, -0.05) is 18.2 Å². The number of carbonyl (C=O) groups excluding carboxylic acids is 1. The van der Waals surface area contributed by atoms with Crippen LogP contribution in [0.5, 0.6) is 0 Å². The summed E-state index contributed by atoms with van der Waals surface area (Å²) in [5, 5.41) is 3.34. The number of nitrogens with one attached hydrogen (secondary N) is 1. The highest BCUT2D eigenvalue weighted by Gasteiger charge is 2.13. The minimum absolute atomic E-state index is 0.0791. The second-order valence-electron chi connectivity index (χ2n) is 4.94. The van der Waals surface area contributed by atoms with E-state index in [4.69, 9.17) is 5.73 Å². The molecule has 0 aliphatic heterocycles. The number of primary amides is 1. The molecule has 1 aromatic heterocycles. The fraction of sp³-hybridized carbons (Fsp3) is 0.250. The molecule has 0 saturated carbocycles. The number of benzene rings is 1. The molecule has 0 radical (unpaired) electrons. The normalized spacial score (nSPS) is 11.9. The Bertz CT molecular complexity index is 637. The fourth-order valence-corrected chi connectivity index (χ4v) is 2.27. The first-order chi connectivity index (χ1) is 9.50. The number of nitrogens with zero attached hydrogens (tertiary/aromatic N) is 1. The maximum Gasteiger partial charge on any atom is 0.252 e. The number of carbonyl (C=O) groups is 1. The molecular formula is C16H19N3O. The van der Waals surface area contributed by atoms with Crippen molar-refractivity contribution in [1.29, 1.82) is 0 Å². The largest absolute Gasteiger partial charge is 0.378 e. The number of hydrogen-bond acceptors (Lipinski definition) is 3. The monoisotopic (exact) mass is 269 g/mol. The first-order valence-corrected chi connectivity index (χ1v) is 6.57. The van der Waals surface area contributed by atoms with Gasteiger partial charge >= 0.3 is 0 Å². The average Bonchev–Trinajstić information content (AvgIpc) is 2.42. The summed E-state index contributed by atoms with van der Waals surface area (Å²) < 4.78 is 0.